The van der Waals surface area contributed by atoms with Crippen LogP contribution in [0.25, 0.3) is 0 Å². The molecule has 542 valence electrons. The molecular formula is C84H154NO8+. The van der Waals surface area contributed by atoms with Gasteiger partial charge in [0.25, 0.3) is 6.29 Å². The molecule has 0 aromatic rings. The van der Waals surface area contributed by atoms with E-state index < -0.39 is 18.4 Å². The number of allylic oxidation sites excluding steroid dienone is 12. The number of carbonyl (C=O) groups is 3. The van der Waals surface area contributed by atoms with Crippen molar-refractivity contribution < 1.29 is 42.9 Å². The highest BCUT2D eigenvalue weighted by Crippen LogP contribution is 2.19. The first-order chi connectivity index (χ1) is 45.6. The second-order valence-corrected chi connectivity index (χ2v) is 28.4. The van der Waals surface area contributed by atoms with Crippen LogP contribution in [0, 0.1) is 0 Å². The zero-order valence-corrected chi connectivity index (χ0v) is 62.2. The normalized spacial score (nSPS) is 13.0. The highest BCUT2D eigenvalue weighted by atomic mass is 16.7. The molecule has 0 heterocycles. The SMILES string of the molecule is CCCCCCC/C=C\C/C=C\C/C=C\CCCCCCCCCCCCCCCCCCCCCCCCCCCCC(=O)OC(COC(=O)CCCCCCCCCCCCCC/C=C\C/C=C\C/C=C\CCCCCCC)COC(OCC[N+](C)(C)C)C(=O)O. The smallest absolute Gasteiger partial charge is 0.361 e. The lowest BCUT2D eigenvalue weighted by molar-refractivity contribution is -0.870. The Morgan fingerprint density at radius 1 is 0.323 bits per heavy atom. The molecule has 1 N–H and O–H groups in total. The van der Waals surface area contributed by atoms with Crippen molar-refractivity contribution in [2.45, 2.75) is 399 Å². The molecule has 0 aliphatic heterocycles. The molecule has 9 nitrogen and oxygen atoms in total. The maximum atomic E-state index is 13.0. The predicted octanol–water partition coefficient (Wildman–Crippen LogP) is 25.6. The highest BCUT2D eigenvalue weighted by Gasteiger charge is 2.25. The molecule has 0 fully saturated rings. The van der Waals surface area contributed by atoms with Crippen molar-refractivity contribution in [2.75, 3.05) is 47.5 Å². The van der Waals surface area contributed by atoms with Crippen molar-refractivity contribution in [3.63, 3.8) is 0 Å². The Balaban J connectivity index is 3.97. The van der Waals surface area contributed by atoms with Gasteiger partial charge in [0, 0.05) is 12.8 Å². The van der Waals surface area contributed by atoms with E-state index in [1.165, 1.54) is 295 Å². The van der Waals surface area contributed by atoms with Crippen LogP contribution in [0.2, 0.25) is 0 Å². The van der Waals surface area contributed by atoms with Crippen molar-refractivity contribution in [1.82, 2.24) is 0 Å². The average Bonchev–Trinajstić information content (AvgIpc) is 3.38. The van der Waals surface area contributed by atoms with Crippen LogP contribution in [0.15, 0.2) is 72.9 Å². The number of ether oxygens (including phenoxy) is 4. The summed E-state index contributed by atoms with van der Waals surface area (Å²) in [6, 6.07) is 0. The van der Waals surface area contributed by atoms with Gasteiger partial charge in [-0.2, -0.15) is 0 Å². The Labute approximate surface area is 577 Å². The number of aliphatic carboxylic acids is 1. The maximum Gasteiger partial charge on any atom is 0.361 e. The molecule has 0 aromatic carbocycles. The molecule has 0 saturated heterocycles. The fraction of sp³-hybridized carbons (Fsp3) is 0.821. The fourth-order valence-electron chi connectivity index (χ4n) is 11.8. The minimum absolute atomic E-state index is 0.181. The predicted molar refractivity (Wildman–Crippen MR) is 401 cm³/mol. The van der Waals surface area contributed by atoms with E-state index in [4.69, 9.17) is 18.9 Å². The number of carbonyl (C=O) groups excluding carboxylic acids is 2. The molecule has 0 bridgehead atoms. The number of nitrogens with zero attached hydrogens (tertiary/aromatic N) is 1. The number of rotatable bonds is 75. The van der Waals surface area contributed by atoms with Gasteiger partial charge in [0.1, 0.15) is 13.2 Å². The van der Waals surface area contributed by atoms with Crippen LogP contribution >= 0.6 is 0 Å². The molecule has 0 spiro atoms. The van der Waals surface area contributed by atoms with Crippen LogP contribution in [-0.2, 0) is 33.3 Å². The molecular weight excluding hydrogens is 1150 g/mol. The number of esters is 2. The Bertz CT molecular complexity index is 1760. The molecule has 0 radical (unpaired) electrons. The van der Waals surface area contributed by atoms with Crippen molar-refractivity contribution in [3.8, 4) is 0 Å². The number of carboxylic acids is 1. The van der Waals surface area contributed by atoms with Crippen molar-refractivity contribution in [2.24, 2.45) is 0 Å². The lowest BCUT2D eigenvalue weighted by Crippen LogP contribution is -2.40. The van der Waals surface area contributed by atoms with Crippen LogP contribution in [0.3, 0.4) is 0 Å². The summed E-state index contributed by atoms with van der Waals surface area (Å²) in [5.41, 5.74) is 0. The first kappa shape index (κ1) is 89.7. The fourth-order valence-corrected chi connectivity index (χ4v) is 11.8. The first-order valence-corrected chi connectivity index (χ1v) is 40.1. The van der Waals surface area contributed by atoms with Crippen LogP contribution in [0.5, 0.6) is 0 Å². The van der Waals surface area contributed by atoms with Gasteiger partial charge in [-0.25, -0.2) is 4.79 Å². The van der Waals surface area contributed by atoms with Gasteiger partial charge in [-0.15, -0.1) is 0 Å². The molecule has 2 unspecified atom stereocenters. The number of hydrogen-bond donors (Lipinski definition) is 1. The van der Waals surface area contributed by atoms with Gasteiger partial charge in [0.2, 0.25) is 0 Å². The summed E-state index contributed by atoms with van der Waals surface area (Å²) >= 11 is 0. The molecule has 0 aliphatic carbocycles. The van der Waals surface area contributed by atoms with Gasteiger partial charge in [0.15, 0.2) is 6.10 Å². The van der Waals surface area contributed by atoms with Crippen LogP contribution in [0.4, 0.5) is 0 Å². The number of likely N-dealkylation sites (N-methyl/N-ethyl adjacent to an activating group) is 1. The van der Waals surface area contributed by atoms with Gasteiger partial charge in [-0.3, -0.25) is 9.59 Å². The maximum absolute atomic E-state index is 13.0. The molecule has 93 heavy (non-hydrogen) atoms. The molecule has 0 saturated carbocycles. The van der Waals surface area contributed by atoms with Crippen LogP contribution in [0.1, 0.15) is 386 Å². The molecule has 2 atom stereocenters. The summed E-state index contributed by atoms with van der Waals surface area (Å²) in [5, 5.41) is 9.77. The highest BCUT2D eigenvalue weighted by molar-refractivity contribution is 5.71. The summed E-state index contributed by atoms with van der Waals surface area (Å²) in [7, 11) is 5.99. The quantitative estimate of drug-likeness (QED) is 0.0211. The lowest BCUT2D eigenvalue weighted by Gasteiger charge is -2.25. The zero-order chi connectivity index (χ0) is 67.5. The summed E-state index contributed by atoms with van der Waals surface area (Å²) < 4.78 is 23.0. The molecule has 9 heteroatoms. The van der Waals surface area contributed by atoms with Crippen LogP contribution < -0.4 is 0 Å². The third kappa shape index (κ3) is 76.0. The number of carboxylic acid groups (broad SMARTS) is 1. The summed E-state index contributed by atoms with van der Waals surface area (Å²) in [6.45, 7) is 4.91. The minimum atomic E-state index is -1.51. The molecule has 0 amide bonds. The number of hydrogen-bond acceptors (Lipinski definition) is 7. The molecule has 0 aliphatic rings. The Morgan fingerprint density at radius 2 is 0.581 bits per heavy atom. The van der Waals surface area contributed by atoms with E-state index >= 15 is 0 Å². The third-order valence-electron chi connectivity index (χ3n) is 17.9. The second-order valence-electron chi connectivity index (χ2n) is 28.4. The van der Waals surface area contributed by atoms with Gasteiger partial charge in [-0.1, -0.05) is 356 Å². The van der Waals surface area contributed by atoms with E-state index in [1.54, 1.807) is 0 Å². The van der Waals surface area contributed by atoms with Gasteiger partial charge in [-0.05, 0) is 89.9 Å². The molecule has 0 aromatic heterocycles. The third-order valence-corrected chi connectivity index (χ3v) is 17.9. The first-order valence-electron chi connectivity index (χ1n) is 40.1. The number of unbranched alkanes of at least 4 members (excludes halogenated alkanes) is 48. The Morgan fingerprint density at radius 3 is 0.860 bits per heavy atom. The average molecular weight is 1310 g/mol. The summed E-state index contributed by atoms with van der Waals surface area (Å²) in [4.78, 5) is 37.7. The van der Waals surface area contributed by atoms with Crippen molar-refractivity contribution in [1.29, 1.82) is 0 Å². The Kier molecular flexibility index (Phi) is 71.9. The van der Waals surface area contributed by atoms with Gasteiger partial charge < -0.3 is 28.5 Å². The largest absolute Gasteiger partial charge is 0.477 e. The van der Waals surface area contributed by atoms with E-state index in [-0.39, 0.29) is 38.2 Å². The molecule has 0 rings (SSSR count). The van der Waals surface area contributed by atoms with E-state index in [0.717, 1.165) is 64.2 Å². The van der Waals surface area contributed by atoms with E-state index in [1.807, 2.05) is 21.1 Å². The van der Waals surface area contributed by atoms with E-state index in [0.29, 0.717) is 17.4 Å². The van der Waals surface area contributed by atoms with E-state index in [9.17, 15) is 19.5 Å². The standard InChI is InChI=1S/C84H153NO8/c1-6-8-10-12-14-16-18-20-22-24-26-28-30-32-34-35-36-37-38-39-40-41-42-43-44-45-46-47-49-51-53-55-57-59-61-63-65-67-69-71-73-75-82(87)93-80(79-92-84(83(88)89)90-77-76-85(3,4)5)78-91-81(86)74-72-70-68-66-64-62-60-58-56-54-52-50-48-33-31-29-27-25-23-21-19-17-15-13-11-9-7-2/h18-21,24-27,30-33,80,84H,6-17,22-23,28-29,34-79H2,1-5H3/p+1/b20-18-,21-19-,26-24-,27-25-,32-30-,33-31-. The van der Waals surface area contributed by atoms with Gasteiger partial charge in [0.05, 0.1) is 34.4 Å². The zero-order valence-electron chi connectivity index (χ0n) is 62.2. The monoisotopic (exact) mass is 1310 g/mol. The van der Waals surface area contributed by atoms with Crippen LogP contribution in [-0.4, -0.2) is 87.4 Å². The minimum Gasteiger partial charge on any atom is -0.477 e. The second kappa shape index (κ2) is 74.5. The van der Waals surface area contributed by atoms with E-state index in [2.05, 4.69) is 86.8 Å². The number of quaternary nitrogens is 1. The Hall–Kier alpha value is -3.27. The summed E-state index contributed by atoms with van der Waals surface area (Å²) in [5.74, 6) is -1.98. The topological polar surface area (TPSA) is 108 Å². The summed E-state index contributed by atoms with van der Waals surface area (Å²) in [6.07, 6.45) is 97.7. The lowest BCUT2D eigenvalue weighted by atomic mass is 10.0. The van der Waals surface area contributed by atoms with Gasteiger partial charge >= 0.3 is 17.9 Å². The van der Waals surface area contributed by atoms with Crippen molar-refractivity contribution >= 4 is 17.9 Å². The van der Waals surface area contributed by atoms with Crippen molar-refractivity contribution in [3.05, 3.63) is 72.9 Å².